The van der Waals surface area contributed by atoms with Gasteiger partial charge < -0.3 is 0 Å². The molecule has 0 bridgehead atoms. The van der Waals surface area contributed by atoms with Gasteiger partial charge in [-0.15, -0.1) is 0 Å². The zero-order valence-corrected chi connectivity index (χ0v) is 10.9. The third kappa shape index (κ3) is 3.92. The first-order valence-electron chi connectivity index (χ1n) is 3.27. The highest BCUT2D eigenvalue weighted by molar-refractivity contribution is 14.1. The Hall–Kier alpha value is 0.340. The standard InChI is InChI=1S/C7H6BrIO3S/c8-6-2-1-5(7(9)3-6)4-13(10,11)12/h1-3H,4H2,(H,10,11,12). The van der Waals surface area contributed by atoms with Crippen molar-refractivity contribution in [1.82, 2.24) is 0 Å². The van der Waals surface area contributed by atoms with Crippen LogP contribution in [0.5, 0.6) is 0 Å². The molecule has 0 aromatic heterocycles. The van der Waals surface area contributed by atoms with Gasteiger partial charge in [-0.05, 0) is 40.3 Å². The van der Waals surface area contributed by atoms with Crippen LogP contribution < -0.4 is 0 Å². The summed E-state index contributed by atoms with van der Waals surface area (Å²) >= 11 is 5.28. The van der Waals surface area contributed by atoms with Gasteiger partial charge in [-0.25, -0.2) is 0 Å². The van der Waals surface area contributed by atoms with Crippen molar-refractivity contribution in [2.75, 3.05) is 0 Å². The number of hydrogen-bond donors (Lipinski definition) is 1. The summed E-state index contributed by atoms with van der Waals surface area (Å²) in [6.07, 6.45) is 0. The Bertz CT molecular complexity index is 416. The Morgan fingerprint density at radius 1 is 1.46 bits per heavy atom. The van der Waals surface area contributed by atoms with E-state index in [9.17, 15) is 8.42 Å². The van der Waals surface area contributed by atoms with E-state index in [2.05, 4.69) is 15.9 Å². The number of halogens is 2. The summed E-state index contributed by atoms with van der Waals surface area (Å²) in [5.41, 5.74) is 0.603. The van der Waals surface area contributed by atoms with Crippen LogP contribution in [0.15, 0.2) is 22.7 Å². The van der Waals surface area contributed by atoms with E-state index >= 15 is 0 Å². The quantitative estimate of drug-likeness (QED) is 0.637. The van der Waals surface area contributed by atoms with E-state index in [-0.39, 0.29) is 5.75 Å². The molecule has 0 atom stereocenters. The van der Waals surface area contributed by atoms with Crippen molar-refractivity contribution in [2.45, 2.75) is 5.75 Å². The van der Waals surface area contributed by atoms with E-state index in [1.54, 1.807) is 18.2 Å². The van der Waals surface area contributed by atoms with Crippen molar-refractivity contribution in [1.29, 1.82) is 0 Å². The SMILES string of the molecule is O=S(=O)(O)Cc1ccc(Br)cc1I. The lowest BCUT2D eigenvalue weighted by atomic mass is 10.2. The van der Waals surface area contributed by atoms with Crippen LogP contribution in [0, 0.1) is 3.57 Å². The topological polar surface area (TPSA) is 54.4 Å². The van der Waals surface area contributed by atoms with Gasteiger partial charge in [0.2, 0.25) is 0 Å². The molecule has 0 saturated carbocycles. The maximum atomic E-state index is 10.6. The molecular weight excluding hydrogens is 371 g/mol. The van der Waals surface area contributed by atoms with Gasteiger partial charge >= 0.3 is 0 Å². The van der Waals surface area contributed by atoms with E-state index in [1.165, 1.54) is 0 Å². The molecule has 3 nitrogen and oxygen atoms in total. The molecule has 0 aliphatic heterocycles. The van der Waals surface area contributed by atoms with Crippen LogP contribution in [0.4, 0.5) is 0 Å². The minimum absolute atomic E-state index is 0.335. The molecule has 0 aliphatic carbocycles. The maximum Gasteiger partial charge on any atom is 0.269 e. The van der Waals surface area contributed by atoms with E-state index in [0.717, 1.165) is 8.04 Å². The van der Waals surface area contributed by atoms with Gasteiger partial charge in [0.1, 0.15) is 5.75 Å². The van der Waals surface area contributed by atoms with Gasteiger partial charge in [0, 0.05) is 8.04 Å². The monoisotopic (exact) mass is 376 g/mol. The molecular formula is C7H6BrIO3S. The maximum absolute atomic E-state index is 10.6. The second-order valence-electron chi connectivity index (χ2n) is 2.46. The largest absolute Gasteiger partial charge is 0.285 e. The highest BCUT2D eigenvalue weighted by Gasteiger charge is 2.09. The van der Waals surface area contributed by atoms with Crippen molar-refractivity contribution in [3.63, 3.8) is 0 Å². The fourth-order valence-electron chi connectivity index (χ4n) is 0.835. The summed E-state index contributed by atoms with van der Waals surface area (Å²) in [5.74, 6) is -0.335. The second kappa shape index (κ2) is 4.24. The molecule has 0 spiro atoms. The van der Waals surface area contributed by atoms with E-state index in [1.807, 2.05) is 22.6 Å². The fraction of sp³-hybridized carbons (Fsp3) is 0.143. The van der Waals surface area contributed by atoms with Crippen LogP contribution in [-0.4, -0.2) is 13.0 Å². The van der Waals surface area contributed by atoms with Gasteiger partial charge in [-0.2, -0.15) is 8.42 Å². The molecule has 0 radical (unpaired) electrons. The first-order valence-corrected chi connectivity index (χ1v) is 6.76. The van der Waals surface area contributed by atoms with Crippen LogP contribution in [0.3, 0.4) is 0 Å². The second-order valence-corrected chi connectivity index (χ2v) is 5.99. The Labute approximate surface area is 98.6 Å². The van der Waals surface area contributed by atoms with Crippen LogP contribution in [0.25, 0.3) is 0 Å². The highest BCUT2D eigenvalue weighted by Crippen LogP contribution is 2.19. The molecule has 0 heterocycles. The third-order valence-electron chi connectivity index (χ3n) is 1.35. The van der Waals surface area contributed by atoms with Gasteiger partial charge in [-0.3, -0.25) is 4.55 Å². The molecule has 0 saturated heterocycles. The minimum atomic E-state index is -3.93. The van der Waals surface area contributed by atoms with Crippen LogP contribution in [0.1, 0.15) is 5.56 Å². The van der Waals surface area contributed by atoms with E-state index < -0.39 is 10.1 Å². The van der Waals surface area contributed by atoms with Crippen molar-refractivity contribution in [3.8, 4) is 0 Å². The summed E-state index contributed by atoms with van der Waals surface area (Å²) in [4.78, 5) is 0. The fourth-order valence-corrected chi connectivity index (χ4v) is 3.23. The molecule has 1 aromatic carbocycles. The van der Waals surface area contributed by atoms with E-state index in [0.29, 0.717) is 5.56 Å². The van der Waals surface area contributed by atoms with Crippen molar-refractivity contribution in [2.24, 2.45) is 0 Å². The molecule has 1 aromatic rings. The number of hydrogen-bond acceptors (Lipinski definition) is 2. The lowest BCUT2D eigenvalue weighted by Crippen LogP contribution is -2.02. The summed E-state index contributed by atoms with van der Waals surface area (Å²) < 4.78 is 31.5. The van der Waals surface area contributed by atoms with Crippen LogP contribution >= 0.6 is 38.5 Å². The molecule has 1 rings (SSSR count). The molecule has 13 heavy (non-hydrogen) atoms. The number of benzene rings is 1. The van der Waals surface area contributed by atoms with Gasteiger partial charge in [0.25, 0.3) is 10.1 Å². The molecule has 0 unspecified atom stereocenters. The molecule has 72 valence electrons. The van der Waals surface area contributed by atoms with Gasteiger partial charge in [0.05, 0.1) is 0 Å². The Morgan fingerprint density at radius 3 is 2.54 bits per heavy atom. The highest BCUT2D eigenvalue weighted by atomic mass is 127. The first kappa shape index (κ1) is 11.4. The van der Waals surface area contributed by atoms with Crippen LogP contribution in [-0.2, 0) is 15.9 Å². The lowest BCUT2D eigenvalue weighted by molar-refractivity contribution is 0.482. The van der Waals surface area contributed by atoms with Crippen molar-refractivity contribution in [3.05, 3.63) is 31.8 Å². The average Bonchev–Trinajstić information content (AvgIpc) is 1.93. The summed E-state index contributed by atoms with van der Waals surface area (Å²) in [5, 5.41) is 0. The van der Waals surface area contributed by atoms with Crippen LogP contribution in [0.2, 0.25) is 0 Å². The molecule has 0 aliphatic rings. The average molecular weight is 377 g/mol. The molecule has 1 N–H and O–H groups in total. The number of rotatable bonds is 2. The Kier molecular flexibility index (Phi) is 3.73. The van der Waals surface area contributed by atoms with Gasteiger partial charge in [0.15, 0.2) is 0 Å². The Morgan fingerprint density at radius 2 is 2.08 bits per heavy atom. The minimum Gasteiger partial charge on any atom is -0.285 e. The van der Waals surface area contributed by atoms with Gasteiger partial charge in [-0.1, -0.05) is 22.0 Å². The summed E-state index contributed by atoms with van der Waals surface area (Å²) in [7, 11) is -3.93. The molecule has 6 heteroatoms. The predicted molar refractivity (Wildman–Crippen MR) is 62.1 cm³/mol. The summed E-state index contributed by atoms with van der Waals surface area (Å²) in [6.45, 7) is 0. The zero-order valence-electron chi connectivity index (χ0n) is 6.37. The molecule has 0 fully saturated rings. The van der Waals surface area contributed by atoms with Crippen molar-refractivity contribution >= 4 is 48.6 Å². The molecule has 0 amide bonds. The lowest BCUT2D eigenvalue weighted by Gasteiger charge is -2.02. The third-order valence-corrected chi connectivity index (χ3v) is 3.53. The normalized spacial score (nSPS) is 11.6. The predicted octanol–water partition coefficient (Wildman–Crippen LogP) is 2.44. The smallest absolute Gasteiger partial charge is 0.269 e. The first-order chi connectivity index (χ1) is 5.88. The zero-order chi connectivity index (χ0) is 10.1. The van der Waals surface area contributed by atoms with Crippen molar-refractivity contribution < 1.29 is 13.0 Å². The Balaban J connectivity index is 3.04. The summed E-state index contributed by atoms with van der Waals surface area (Å²) in [6, 6.07) is 5.20. The van der Waals surface area contributed by atoms with E-state index in [4.69, 9.17) is 4.55 Å².